The zero-order valence-corrected chi connectivity index (χ0v) is 21.8. The van der Waals surface area contributed by atoms with Gasteiger partial charge in [0.05, 0.1) is 17.9 Å². The molecule has 0 saturated heterocycles. The topological polar surface area (TPSA) is 91.0 Å². The predicted octanol–water partition coefficient (Wildman–Crippen LogP) is 4.53. The standard InChI is InChI=1S/C28H26F4N4O4/c1-27(2,34-24(37)17-8-10-18(29)11-9-17)26(39)33-21-16-36(19-12-14-20(15-13-19)40-28(30,31)32)23-7-5-4-6-22(23)35(3)25(21)38/h4-15,21H,16H2,1-3H3,(H,33,39)(H,34,37)/t21-/m1/s1. The first-order chi connectivity index (χ1) is 18.7. The Kier molecular flexibility index (Phi) is 7.72. The molecular weight excluding hydrogens is 532 g/mol. The number of para-hydroxylation sites is 2. The highest BCUT2D eigenvalue weighted by Crippen LogP contribution is 2.37. The van der Waals surface area contributed by atoms with Crippen LogP contribution in [0, 0.1) is 5.82 Å². The largest absolute Gasteiger partial charge is 0.573 e. The maximum Gasteiger partial charge on any atom is 0.573 e. The van der Waals surface area contributed by atoms with E-state index in [0.29, 0.717) is 17.1 Å². The number of carbonyl (C=O) groups is 3. The number of halogens is 4. The Hall–Kier alpha value is -4.61. The molecule has 0 bridgehead atoms. The maximum absolute atomic E-state index is 13.5. The molecule has 0 aliphatic carbocycles. The van der Waals surface area contributed by atoms with Crippen molar-refractivity contribution in [2.75, 3.05) is 23.4 Å². The Balaban J connectivity index is 1.59. The first-order valence-corrected chi connectivity index (χ1v) is 12.1. The van der Waals surface area contributed by atoms with Crippen molar-refractivity contribution in [1.29, 1.82) is 0 Å². The molecule has 1 atom stereocenters. The molecule has 12 heteroatoms. The van der Waals surface area contributed by atoms with Crippen molar-refractivity contribution < 1.29 is 36.7 Å². The van der Waals surface area contributed by atoms with Crippen molar-refractivity contribution in [3.63, 3.8) is 0 Å². The lowest BCUT2D eigenvalue weighted by molar-refractivity contribution is -0.274. The maximum atomic E-state index is 13.5. The van der Waals surface area contributed by atoms with Gasteiger partial charge in [0.15, 0.2) is 0 Å². The Morgan fingerprint density at radius 3 is 2.12 bits per heavy atom. The van der Waals surface area contributed by atoms with Crippen molar-refractivity contribution >= 4 is 34.8 Å². The van der Waals surface area contributed by atoms with E-state index in [4.69, 9.17) is 0 Å². The number of fused-ring (bicyclic) bond motifs is 1. The molecule has 210 valence electrons. The number of benzene rings is 3. The molecule has 3 aromatic rings. The molecule has 1 aliphatic rings. The lowest BCUT2D eigenvalue weighted by Gasteiger charge is -2.30. The summed E-state index contributed by atoms with van der Waals surface area (Å²) in [6.45, 7) is 2.86. The van der Waals surface area contributed by atoms with E-state index in [0.717, 1.165) is 24.3 Å². The van der Waals surface area contributed by atoms with E-state index >= 15 is 0 Å². The molecule has 0 radical (unpaired) electrons. The molecule has 0 spiro atoms. The summed E-state index contributed by atoms with van der Waals surface area (Å²) in [6.07, 6.45) is -4.85. The Morgan fingerprint density at radius 2 is 1.52 bits per heavy atom. The SMILES string of the molecule is CN1C(=O)[C@H](NC(=O)C(C)(C)NC(=O)c2ccc(F)cc2)CN(c2ccc(OC(F)(F)F)cc2)c2ccccc21. The monoisotopic (exact) mass is 558 g/mol. The highest BCUT2D eigenvalue weighted by atomic mass is 19.4. The number of anilines is 3. The van der Waals surface area contributed by atoms with Crippen LogP contribution in [0.15, 0.2) is 72.8 Å². The molecular formula is C28H26F4N4O4. The van der Waals surface area contributed by atoms with Gasteiger partial charge in [0.2, 0.25) is 5.91 Å². The summed E-state index contributed by atoms with van der Waals surface area (Å²) in [4.78, 5) is 42.5. The summed E-state index contributed by atoms with van der Waals surface area (Å²) in [5.41, 5.74) is 0.234. The third-order valence-corrected chi connectivity index (χ3v) is 6.32. The van der Waals surface area contributed by atoms with Gasteiger partial charge >= 0.3 is 6.36 Å². The van der Waals surface area contributed by atoms with E-state index in [-0.39, 0.29) is 12.1 Å². The lowest BCUT2D eigenvalue weighted by Crippen LogP contribution is -2.60. The number of hydrogen-bond donors (Lipinski definition) is 2. The molecule has 4 rings (SSSR count). The summed E-state index contributed by atoms with van der Waals surface area (Å²) >= 11 is 0. The van der Waals surface area contributed by atoms with Crippen LogP contribution in [-0.4, -0.2) is 49.3 Å². The van der Waals surface area contributed by atoms with E-state index in [1.807, 2.05) is 0 Å². The minimum absolute atomic E-state index is 0.0621. The summed E-state index contributed by atoms with van der Waals surface area (Å²) in [5, 5.41) is 5.29. The van der Waals surface area contributed by atoms with Gasteiger partial charge in [-0.25, -0.2) is 4.39 Å². The van der Waals surface area contributed by atoms with E-state index < -0.39 is 47.2 Å². The quantitative estimate of drug-likeness (QED) is 0.434. The average Bonchev–Trinajstić information content (AvgIpc) is 2.99. The lowest BCUT2D eigenvalue weighted by atomic mass is 10.0. The summed E-state index contributed by atoms with van der Waals surface area (Å²) in [6, 6.07) is 15.8. The molecule has 0 unspecified atom stereocenters. The van der Waals surface area contributed by atoms with Gasteiger partial charge in [-0.3, -0.25) is 14.4 Å². The van der Waals surface area contributed by atoms with Crippen LogP contribution in [0.2, 0.25) is 0 Å². The van der Waals surface area contributed by atoms with E-state index in [1.165, 1.54) is 43.0 Å². The van der Waals surface area contributed by atoms with Gasteiger partial charge in [-0.15, -0.1) is 13.2 Å². The zero-order chi connectivity index (χ0) is 29.2. The van der Waals surface area contributed by atoms with Crippen molar-refractivity contribution in [2.24, 2.45) is 0 Å². The average molecular weight is 559 g/mol. The van der Waals surface area contributed by atoms with Gasteiger partial charge in [0.1, 0.15) is 23.1 Å². The number of ether oxygens (including phenoxy) is 1. The normalized spacial score (nSPS) is 15.7. The first kappa shape index (κ1) is 28.4. The third-order valence-electron chi connectivity index (χ3n) is 6.32. The van der Waals surface area contributed by atoms with Gasteiger partial charge < -0.3 is 25.2 Å². The molecule has 40 heavy (non-hydrogen) atoms. The van der Waals surface area contributed by atoms with Crippen molar-refractivity contribution in [1.82, 2.24) is 10.6 Å². The highest BCUT2D eigenvalue weighted by Gasteiger charge is 2.38. The molecule has 0 saturated carbocycles. The molecule has 8 nitrogen and oxygen atoms in total. The van der Waals surface area contributed by atoms with Crippen LogP contribution in [0.1, 0.15) is 24.2 Å². The molecule has 0 fully saturated rings. The van der Waals surface area contributed by atoms with Gasteiger partial charge in [-0.05, 0) is 74.5 Å². The number of rotatable bonds is 6. The van der Waals surface area contributed by atoms with E-state index in [1.54, 1.807) is 36.2 Å². The van der Waals surface area contributed by atoms with Crippen molar-refractivity contribution in [2.45, 2.75) is 31.8 Å². The molecule has 2 N–H and O–H groups in total. The van der Waals surface area contributed by atoms with E-state index in [9.17, 15) is 31.9 Å². The van der Waals surface area contributed by atoms with Gasteiger partial charge in [-0.2, -0.15) is 0 Å². The number of amides is 3. The number of alkyl halides is 3. The fraction of sp³-hybridized carbons (Fsp3) is 0.250. The van der Waals surface area contributed by atoms with Gasteiger partial charge in [-0.1, -0.05) is 12.1 Å². The van der Waals surface area contributed by atoms with Crippen LogP contribution in [-0.2, 0) is 9.59 Å². The Morgan fingerprint density at radius 1 is 0.925 bits per heavy atom. The Labute approximate surface area is 227 Å². The van der Waals surface area contributed by atoms with Crippen LogP contribution in [0.5, 0.6) is 5.75 Å². The fourth-order valence-corrected chi connectivity index (χ4v) is 4.22. The number of likely N-dealkylation sites (N-methyl/N-ethyl adjacent to an activating group) is 1. The van der Waals surface area contributed by atoms with Crippen LogP contribution < -0.4 is 25.2 Å². The van der Waals surface area contributed by atoms with E-state index in [2.05, 4.69) is 15.4 Å². The molecule has 0 aromatic heterocycles. The number of nitrogens with zero attached hydrogens (tertiary/aromatic N) is 2. The van der Waals surface area contributed by atoms with Gasteiger partial charge in [0, 0.05) is 18.3 Å². The zero-order valence-electron chi connectivity index (χ0n) is 21.8. The minimum atomic E-state index is -4.85. The second-order valence-corrected chi connectivity index (χ2v) is 9.65. The summed E-state index contributed by atoms with van der Waals surface area (Å²) in [5.74, 6) is -2.64. The fourth-order valence-electron chi connectivity index (χ4n) is 4.22. The highest BCUT2D eigenvalue weighted by molar-refractivity contribution is 6.05. The molecule has 3 amide bonds. The molecule has 3 aromatic carbocycles. The van der Waals surface area contributed by atoms with Gasteiger partial charge in [0.25, 0.3) is 11.8 Å². The molecule has 1 aliphatic heterocycles. The second-order valence-electron chi connectivity index (χ2n) is 9.65. The second kappa shape index (κ2) is 10.9. The predicted molar refractivity (Wildman–Crippen MR) is 140 cm³/mol. The van der Waals surface area contributed by atoms with Crippen LogP contribution in [0.3, 0.4) is 0 Å². The van der Waals surface area contributed by atoms with Crippen LogP contribution in [0.4, 0.5) is 34.6 Å². The van der Waals surface area contributed by atoms with Crippen LogP contribution >= 0.6 is 0 Å². The van der Waals surface area contributed by atoms with Crippen molar-refractivity contribution in [3.8, 4) is 5.75 Å². The van der Waals surface area contributed by atoms with Crippen molar-refractivity contribution in [3.05, 3.63) is 84.2 Å². The smallest absolute Gasteiger partial charge is 0.406 e. The summed E-state index contributed by atoms with van der Waals surface area (Å²) in [7, 11) is 1.55. The Bertz CT molecular complexity index is 1410. The number of hydrogen-bond acceptors (Lipinski definition) is 5. The summed E-state index contributed by atoms with van der Waals surface area (Å²) < 4.78 is 55.1. The first-order valence-electron chi connectivity index (χ1n) is 12.1. The number of carbonyl (C=O) groups excluding carboxylic acids is 3. The van der Waals surface area contributed by atoms with Crippen LogP contribution in [0.25, 0.3) is 0 Å². The number of nitrogens with one attached hydrogen (secondary N) is 2. The molecule has 1 heterocycles. The third kappa shape index (κ3) is 6.33. The minimum Gasteiger partial charge on any atom is -0.406 e.